The van der Waals surface area contributed by atoms with Gasteiger partial charge >= 0.3 is 5.97 Å². The molecule has 3 atom stereocenters. The molecule has 3 unspecified atom stereocenters. The maximum Gasteiger partial charge on any atom is 0.306 e. The van der Waals surface area contributed by atoms with Crippen molar-refractivity contribution >= 4 is 11.9 Å². The van der Waals surface area contributed by atoms with Gasteiger partial charge in [0, 0.05) is 6.42 Å². The first-order valence-electron chi connectivity index (χ1n) is 24.5. The highest BCUT2D eigenvalue weighted by Gasteiger charge is 2.24. The Labute approximate surface area is 358 Å². The molecule has 0 saturated carbocycles. The zero-order valence-electron chi connectivity index (χ0n) is 38.2. The number of allylic oxidation sites excluding steroid dienone is 10. The van der Waals surface area contributed by atoms with E-state index in [9.17, 15) is 19.8 Å². The second-order valence-corrected chi connectivity index (χ2v) is 16.5. The molecule has 0 heterocycles. The van der Waals surface area contributed by atoms with Gasteiger partial charge in [-0.3, -0.25) is 9.59 Å². The van der Waals surface area contributed by atoms with Gasteiger partial charge in [0.1, 0.15) is 6.10 Å². The molecule has 0 aromatic heterocycles. The molecule has 0 spiro atoms. The summed E-state index contributed by atoms with van der Waals surface area (Å²) in [5.41, 5.74) is 0. The summed E-state index contributed by atoms with van der Waals surface area (Å²) >= 11 is 0. The minimum atomic E-state index is -0.803. The van der Waals surface area contributed by atoms with Crippen molar-refractivity contribution < 1.29 is 24.5 Å². The van der Waals surface area contributed by atoms with Crippen molar-refractivity contribution in [2.75, 3.05) is 6.61 Å². The average molecular weight is 812 g/mol. The average Bonchev–Trinajstić information content (AvgIpc) is 3.22. The molecule has 58 heavy (non-hydrogen) atoms. The van der Waals surface area contributed by atoms with Gasteiger partial charge in [-0.1, -0.05) is 204 Å². The van der Waals surface area contributed by atoms with E-state index in [0.29, 0.717) is 19.3 Å². The second-order valence-electron chi connectivity index (χ2n) is 16.5. The van der Waals surface area contributed by atoms with Crippen LogP contribution in [-0.2, 0) is 14.3 Å². The molecule has 0 aliphatic carbocycles. The third-order valence-electron chi connectivity index (χ3n) is 10.9. The van der Waals surface area contributed by atoms with E-state index in [1.807, 2.05) is 0 Å². The van der Waals surface area contributed by atoms with E-state index >= 15 is 0 Å². The van der Waals surface area contributed by atoms with Gasteiger partial charge < -0.3 is 20.3 Å². The standard InChI is InChI=1S/C52H93NO5/c1-4-7-10-13-16-19-22-24-26-29-31-34-37-40-43-48(58-52(57)45-42-39-36-33-30-27-25-23-20-17-14-11-8-5-2)46-51(56)53-49(47-54)50(55)44-41-38-35-32-28-21-18-15-12-9-6-3/h8,11,17,20,25-27,29,31,34,48-50,54-55H,4-7,9-10,12-16,18-19,21-24,28,30,32-33,35-47H2,1-3H3,(H,53,56)/b11-8+,20-17+,27-25+,29-26+,34-31+. The van der Waals surface area contributed by atoms with Gasteiger partial charge in [-0.25, -0.2) is 0 Å². The van der Waals surface area contributed by atoms with Crippen LogP contribution < -0.4 is 5.32 Å². The van der Waals surface area contributed by atoms with E-state index < -0.39 is 18.2 Å². The highest BCUT2D eigenvalue weighted by atomic mass is 16.5. The number of esters is 1. The summed E-state index contributed by atoms with van der Waals surface area (Å²) in [4.78, 5) is 26.0. The number of aliphatic hydroxyl groups excluding tert-OH is 2. The lowest BCUT2D eigenvalue weighted by Gasteiger charge is -2.24. The number of amides is 1. The smallest absolute Gasteiger partial charge is 0.306 e. The third-order valence-corrected chi connectivity index (χ3v) is 10.9. The van der Waals surface area contributed by atoms with Crippen molar-refractivity contribution in [1.29, 1.82) is 0 Å². The number of aliphatic hydroxyl groups is 2. The van der Waals surface area contributed by atoms with Crippen LogP contribution in [0.5, 0.6) is 0 Å². The zero-order valence-corrected chi connectivity index (χ0v) is 38.2. The summed E-state index contributed by atoms with van der Waals surface area (Å²) in [7, 11) is 0. The first kappa shape index (κ1) is 55.6. The van der Waals surface area contributed by atoms with Gasteiger partial charge in [0.15, 0.2) is 0 Å². The monoisotopic (exact) mass is 812 g/mol. The molecule has 0 fully saturated rings. The molecule has 0 aliphatic heterocycles. The Morgan fingerprint density at radius 1 is 0.534 bits per heavy atom. The molecule has 0 aliphatic rings. The number of hydrogen-bond donors (Lipinski definition) is 3. The van der Waals surface area contributed by atoms with E-state index in [2.05, 4.69) is 86.8 Å². The molecule has 6 nitrogen and oxygen atoms in total. The zero-order chi connectivity index (χ0) is 42.4. The van der Waals surface area contributed by atoms with Crippen molar-refractivity contribution in [3.8, 4) is 0 Å². The maximum absolute atomic E-state index is 13.2. The topological polar surface area (TPSA) is 95.9 Å². The number of carbonyl (C=O) groups excluding carboxylic acids is 2. The molecule has 0 bridgehead atoms. The van der Waals surface area contributed by atoms with Crippen LogP contribution in [0.15, 0.2) is 60.8 Å². The minimum absolute atomic E-state index is 0.0342. The van der Waals surface area contributed by atoms with Crippen LogP contribution in [0.3, 0.4) is 0 Å². The number of rotatable bonds is 43. The van der Waals surface area contributed by atoms with E-state index in [1.165, 1.54) is 96.3 Å². The molecule has 336 valence electrons. The Hall–Kier alpha value is -2.44. The van der Waals surface area contributed by atoms with Gasteiger partial charge in [-0.15, -0.1) is 0 Å². The summed E-state index contributed by atoms with van der Waals surface area (Å²) in [6.45, 7) is 6.33. The molecule has 1 amide bonds. The quantitative estimate of drug-likeness (QED) is 0.0247. The lowest BCUT2D eigenvalue weighted by Crippen LogP contribution is -2.46. The number of hydrogen-bond acceptors (Lipinski definition) is 5. The fourth-order valence-corrected chi connectivity index (χ4v) is 7.15. The summed E-state index contributed by atoms with van der Waals surface area (Å²) in [5.74, 6) is -0.548. The first-order chi connectivity index (χ1) is 28.5. The van der Waals surface area contributed by atoms with E-state index in [-0.39, 0.29) is 24.9 Å². The number of carbonyl (C=O) groups is 2. The lowest BCUT2D eigenvalue weighted by atomic mass is 10.0. The summed E-state index contributed by atoms with van der Waals surface area (Å²) in [5, 5.41) is 23.7. The Kier molecular flexibility index (Phi) is 43.7. The Balaban J connectivity index is 4.71. The van der Waals surface area contributed by atoms with Crippen molar-refractivity contribution in [3.05, 3.63) is 60.8 Å². The molecule has 0 saturated heterocycles. The van der Waals surface area contributed by atoms with Crippen LogP contribution in [0.1, 0.15) is 233 Å². The Bertz CT molecular complexity index is 1050. The van der Waals surface area contributed by atoms with Gasteiger partial charge in [-0.05, 0) is 77.0 Å². The fraction of sp³-hybridized carbons (Fsp3) is 0.769. The lowest BCUT2D eigenvalue weighted by molar-refractivity contribution is -0.151. The Morgan fingerprint density at radius 3 is 1.55 bits per heavy atom. The van der Waals surface area contributed by atoms with E-state index in [0.717, 1.165) is 89.9 Å². The number of nitrogens with one attached hydrogen (secondary N) is 1. The SMILES string of the molecule is CC/C=C/C/C=C/C/C=C/CCCCCCC(=O)OC(CCC/C=C/C=C/CCCCCCCCC)CC(=O)NC(CO)C(O)CCCCCCCCCCCCC. The van der Waals surface area contributed by atoms with Crippen LogP contribution in [0.4, 0.5) is 0 Å². The third kappa shape index (κ3) is 40.3. The summed E-state index contributed by atoms with van der Waals surface area (Å²) < 4.78 is 5.88. The van der Waals surface area contributed by atoms with Gasteiger partial charge in [0.2, 0.25) is 5.91 Å². The maximum atomic E-state index is 13.2. The number of unbranched alkanes of at least 4 members (excludes halogenated alkanes) is 22. The Morgan fingerprint density at radius 2 is 1.00 bits per heavy atom. The highest BCUT2D eigenvalue weighted by Crippen LogP contribution is 2.16. The second kappa shape index (κ2) is 45.6. The minimum Gasteiger partial charge on any atom is -0.462 e. The predicted molar refractivity (Wildman–Crippen MR) is 250 cm³/mol. The summed E-state index contributed by atoms with van der Waals surface area (Å²) in [6.07, 6.45) is 55.7. The number of ether oxygens (including phenoxy) is 1. The van der Waals surface area contributed by atoms with Crippen LogP contribution in [0.25, 0.3) is 0 Å². The molecule has 3 N–H and O–H groups in total. The first-order valence-corrected chi connectivity index (χ1v) is 24.5. The van der Waals surface area contributed by atoms with Gasteiger partial charge in [0.05, 0.1) is 25.2 Å². The normalized spacial score (nSPS) is 13.8. The van der Waals surface area contributed by atoms with Crippen LogP contribution in [-0.4, -0.2) is 46.9 Å². The van der Waals surface area contributed by atoms with E-state index in [4.69, 9.17) is 4.74 Å². The van der Waals surface area contributed by atoms with Gasteiger partial charge in [0.25, 0.3) is 0 Å². The molecule has 0 rings (SSSR count). The summed E-state index contributed by atoms with van der Waals surface area (Å²) in [6, 6.07) is -0.720. The van der Waals surface area contributed by atoms with Crippen molar-refractivity contribution in [2.45, 2.75) is 251 Å². The van der Waals surface area contributed by atoms with Crippen molar-refractivity contribution in [1.82, 2.24) is 5.32 Å². The fourth-order valence-electron chi connectivity index (χ4n) is 7.15. The van der Waals surface area contributed by atoms with Crippen LogP contribution >= 0.6 is 0 Å². The van der Waals surface area contributed by atoms with Crippen LogP contribution in [0.2, 0.25) is 0 Å². The predicted octanol–water partition coefficient (Wildman–Crippen LogP) is 14.5. The molecular formula is C52H93NO5. The van der Waals surface area contributed by atoms with Crippen LogP contribution in [0, 0.1) is 0 Å². The highest BCUT2D eigenvalue weighted by molar-refractivity contribution is 5.77. The molecular weight excluding hydrogens is 719 g/mol. The molecule has 0 aromatic carbocycles. The van der Waals surface area contributed by atoms with Gasteiger partial charge in [-0.2, -0.15) is 0 Å². The van der Waals surface area contributed by atoms with Crippen molar-refractivity contribution in [3.63, 3.8) is 0 Å². The van der Waals surface area contributed by atoms with Crippen molar-refractivity contribution in [2.24, 2.45) is 0 Å². The molecule has 0 aromatic rings. The molecule has 0 radical (unpaired) electrons. The molecule has 6 heteroatoms. The largest absolute Gasteiger partial charge is 0.462 e. The van der Waals surface area contributed by atoms with E-state index in [1.54, 1.807) is 0 Å².